The normalized spacial score (nSPS) is 23.0. The van der Waals surface area contributed by atoms with Crippen LogP contribution in [-0.4, -0.2) is 36.8 Å². The number of carbonyl (C=O) groups is 1. The van der Waals surface area contributed by atoms with Gasteiger partial charge in [-0.3, -0.25) is 9.63 Å². The van der Waals surface area contributed by atoms with E-state index in [0.29, 0.717) is 17.3 Å². The predicted molar refractivity (Wildman–Crippen MR) is 96.7 cm³/mol. The van der Waals surface area contributed by atoms with Crippen LogP contribution in [0, 0.1) is 5.92 Å². The molecule has 1 fully saturated rings. The van der Waals surface area contributed by atoms with Crippen LogP contribution in [0.5, 0.6) is 5.75 Å². The van der Waals surface area contributed by atoms with Crippen molar-refractivity contribution in [2.75, 3.05) is 20.8 Å². The Balaban J connectivity index is 2.01. The summed E-state index contributed by atoms with van der Waals surface area (Å²) in [5, 5.41) is 1.99. The number of hydrogen-bond donors (Lipinski definition) is 0. The van der Waals surface area contributed by atoms with Crippen molar-refractivity contribution >= 4 is 17.6 Å². The highest BCUT2D eigenvalue weighted by Crippen LogP contribution is 2.47. The molecule has 3 atom stereocenters. The number of ether oxygens (including phenoxy) is 2. The molecule has 2 heterocycles. The summed E-state index contributed by atoms with van der Waals surface area (Å²) >= 11 is 6.25. The largest absolute Gasteiger partial charge is 0.497 e. The molecule has 138 valence electrons. The highest BCUT2D eigenvalue weighted by atomic mass is 35.5. The summed E-state index contributed by atoms with van der Waals surface area (Å²) in [5.74, 6) is -0.160. The van der Waals surface area contributed by atoms with Crippen molar-refractivity contribution in [2.45, 2.75) is 19.1 Å². The molecule has 1 saturated heterocycles. The standard InChI is InChI=1S/C19H21ClN2O4/c1-4-25-19(23)15-16(12-7-9-13(24-3)10-8-12)22(2)26-17(15)14-6-5-11-21-18(14)20/h5-11,15-17H,4H2,1-3H3/t15-,16-,17+/m1/s1. The number of rotatable bonds is 5. The molecular formula is C19H21ClN2O4. The van der Waals surface area contributed by atoms with E-state index in [1.54, 1.807) is 38.4 Å². The van der Waals surface area contributed by atoms with Gasteiger partial charge in [0.15, 0.2) is 0 Å². The third-order valence-corrected chi connectivity index (χ3v) is 4.76. The third kappa shape index (κ3) is 3.53. The molecule has 1 aliphatic heterocycles. The quantitative estimate of drug-likeness (QED) is 0.587. The summed E-state index contributed by atoms with van der Waals surface area (Å²) in [6, 6.07) is 10.8. The van der Waals surface area contributed by atoms with E-state index in [4.69, 9.17) is 25.9 Å². The number of hydroxylamine groups is 2. The number of aromatic nitrogens is 1. The molecule has 2 aromatic rings. The number of carbonyl (C=O) groups excluding carboxylic acids is 1. The van der Waals surface area contributed by atoms with E-state index < -0.39 is 12.0 Å². The van der Waals surface area contributed by atoms with Crippen LogP contribution >= 0.6 is 11.6 Å². The maximum Gasteiger partial charge on any atom is 0.314 e. The number of methoxy groups -OCH3 is 1. The van der Waals surface area contributed by atoms with Gasteiger partial charge in [0.05, 0.1) is 19.8 Å². The minimum Gasteiger partial charge on any atom is -0.497 e. The van der Waals surface area contributed by atoms with Gasteiger partial charge in [0.25, 0.3) is 0 Å². The van der Waals surface area contributed by atoms with Crippen molar-refractivity contribution in [3.63, 3.8) is 0 Å². The third-order valence-electron chi connectivity index (χ3n) is 4.45. The summed E-state index contributed by atoms with van der Waals surface area (Å²) in [7, 11) is 3.41. The van der Waals surface area contributed by atoms with Gasteiger partial charge in [-0.2, -0.15) is 5.06 Å². The Morgan fingerprint density at radius 1 is 1.31 bits per heavy atom. The lowest BCUT2D eigenvalue weighted by Gasteiger charge is -2.22. The smallest absolute Gasteiger partial charge is 0.314 e. The lowest BCUT2D eigenvalue weighted by atomic mass is 9.87. The predicted octanol–water partition coefficient (Wildman–Crippen LogP) is 3.58. The first-order chi connectivity index (χ1) is 12.6. The van der Waals surface area contributed by atoms with E-state index in [0.717, 1.165) is 11.3 Å². The molecule has 6 nitrogen and oxygen atoms in total. The zero-order valence-corrected chi connectivity index (χ0v) is 15.6. The second-order valence-corrected chi connectivity index (χ2v) is 6.31. The van der Waals surface area contributed by atoms with Crippen LogP contribution in [-0.2, 0) is 14.4 Å². The van der Waals surface area contributed by atoms with Crippen molar-refractivity contribution < 1.29 is 19.1 Å². The second kappa shape index (κ2) is 8.03. The average Bonchev–Trinajstić information content (AvgIpc) is 2.99. The molecule has 0 saturated carbocycles. The van der Waals surface area contributed by atoms with Crippen LogP contribution in [0.1, 0.15) is 30.2 Å². The van der Waals surface area contributed by atoms with E-state index in [1.165, 1.54) is 0 Å². The van der Waals surface area contributed by atoms with Gasteiger partial charge in [-0.1, -0.05) is 29.8 Å². The molecule has 26 heavy (non-hydrogen) atoms. The van der Waals surface area contributed by atoms with Gasteiger partial charge in [-0.25, -0.2) is 4.98 Å². The Labute approximate surface area is 157 Å². The minimum absolute atomic E-state index is 0.294. The minimum atomic E-state index is -0.577. The van der Waals surface area contributed by atoms with Crippen molar-refractivity contribution in [1.82, 2.24) is 10.0 Å². The molecule has 0 spiro atoms. The summed E-state index contributed by atoms with van der Waals surface area (Å²) < 4.78 is 10.5. The molecular weight excluding hydrogens is 356 g/mol. The Bertz CT molecular complexity index is 768. The molecule has 3 rings (SSSR count). The lowest BCUT2D eigenvalue weighted by Crippen LogP contribution is -2.28. The topological polar surface area (TPSA) is 60.9 Å². The van der Waals surface area contributed by atoms with Gasteiger partial charge in [-0.05, 0) is 30.7 Å². The molecule has 0 aliphatic carbocycles. The fraction of sp³-hybridized carbons (Fsp3) is 0.368. The van der Waals surface area contributed by atoms with Crippen LogP contribution < -0.4 is 4.74 Å². The molecule has 0 unspecified atom stereocenters. The van der Waals surface area contributed by atoms with Crippen LogP contribution in [0.15, 0.2) is 42.6 Å². The van der Waals surface area contributed by atoms with E-state index >= 15 is 0 Å². The summed E-state index contributed by atoms with van der Waals surface area (Å²) in [6.07, 6.45) is 1.03. The molecule has 1 aromatic carbocycles. The van der Waals surface area contributed by atoms with Gasteiger partial charge >= 0.3 is 5.97 Å². The van der Waals surface area contributed by atoms with E-state index in [9.17, 15) is 4.79 Å². The van der Waals surface area contributed by atoms with E-state index in [-0.39, 0.29) is 12.0 Å². The number of nitrogens with zero attached hydrogens (tertiary/aromatic N) is 2. The van der Waals surface area contributed by atoms with Gasteiger partial charge in [0.1, 0.15) is 22.9 Å². The molecule has 1 aliphatic rings. The monoisotopic (exact) mass is 376 g/mol. The number of esters is 1. The maximum atomic E-state index is 12.8. The molecule has 1 aromatic heterocycles. The summed E-state index contributed by atoms with van der Waals surface area (Å²) in [5.41, 5.74) is 1.59. The highest BCUT2D eigenvalue weighted by molar-refractivity contribution is 6.30. The van der Waals surface area contributed by atoms with Crippen molar-refractivity contribution in [3.8, 4) is 5.75 Å². The second-order valence-electron chi connectivity index (χ2n) is 5.95. The van der Waals surface area contributed by atoms with E-state index in [2.05, 4.69) is 4.98 Å². The number of halogens is 1. The summed E-state index contributed by atoms with van der Waals surface area (Å²) in [4.78, 5) is 22.9. The highest BCUT2D eigenvalue weighted by Gasteiger charge is 2.49. The molecule has 0 amide bonds. The Kier molecular flexibility index (Phi) is 5.76. The lowest BCUT2D eigenvalue weighted by molar-refractivity contribution is -0.154. The zero-order valence-electron chi connectivity index (χ0n) is 14.9. The number of hydrogen-bond acceptors (Lipinski definition) is 6. The van der Waals surface area contributed by atoms with Gasteiger partial charge in [0, 0.05) is 18.8 Å². The maximum absolute atomic E-state index is 12.8. The molecule has 0 N–H and O–H groups in total. The molecule has 0 bridgehead atoms. The van der Waals surface area contributed by atoms with Crippen LogP contribution in [0.4, 0.5) is 0 Å². The Hall–Kier alpha value is -2.15. The Morgan fingerprint density at radius 2 is 2.04 bits per heavy atom. The molecule has 7 heteroatoms. The number of benzene rings is 1. The Morgan fingerprint density at radius 3 is 2.65 bits per heavy atom. The average molecular weight is 377 g/mol. The van der Waals surface area contributed by atoms with E-state index in [1.807, 2.05) is 30.3 Å². The van der Waals surface area contributed by atoms with Gasteiger partial charge < -0.3 is 9.47 Å². The first-order valence-corrected chi connectivity index (χ1v) is 8.75. The van der Waals surface area contributed by atoms with Gasteiger partial charge in [-0.15, -0.1) is 0 Å². The van der Waals surface area contributed by atoms with Crippen molar-refractivity contribution in [1.29, 1.82) is 0 Å². The number of pyridine rings is 1. The fourth-order valence-corrected chi connectivity index (χ4v) is 3.50. The SMILES string of the molecule is CCOC(=O)[C@@H]1[C@@H](c2ccc(OC)cc2)N(C)O[C@H]1c1cccnc1Cl. The molecule has 0 radical (unpaired) electrons. The van der Waals surface area contributed by atoms with Gasteiger partial charge in [0.2, 0.25) is 0 Å². The first-order valence-electron chi connectivity index (χ1n) is 8.37. The first kappa shape index (κ1) is 18.6. The van der Waals surface area contributed by atoms with Crippen molar-refractivity contribution in [3.05, 3.63) is 58.9 Å². The van der Waals surface area contributed by atoms with Crippen LogP contribution in [0.2, 0.25) is 5.15 Å². The van der Waals surface area contributed by atoms with Crippen LogP contribution in [0.25, 0.3) is 0 Å². The fourth-order valence-electron chi connectivity index (χ4n) is 3.27. The van der Waals surface area contributed by atoms with Crippen LogP contribution in [0.3, 0.4) is 0 Å². The zero-order chi connectivity index (χ0) is 18.7. The summed E-state index contributed by atoms with van der Waals surface area (Å²) in [6.45, 7) is 2.08. The van der Waals surface area contributed by atoms with Crippen molar-refractivity contribution in [2.24, 2.45) is 5.92 Å².